The minimum Gasteiger partial charge on any atom is -0.497 e. The molecule has 0 spiro atoms. The second-order valence-corrected chi connectivity index (χ2v) is 7.29. The number of rotatable bonds is 4. The maximum Gasteiger partial charge on any atom is 0.282 e. The molecular weight excluding hydrogens is 392 g/mol. The number of benzene rings is 2. The molecule has 2 amide bonds. The van der Waals surface area contributed by atoms with Gasteiger partial charge in [-0.05, 0) is 36.9 Å². The summed E-state index contributed by atoms with van der Waals surface area (Å²) >= 11 is 0. The van der Waals surface area contributed by atoms with E-state index in [1.807, 2.05) is 11.9 Å². The van der Waals surface area contributed by atoms with Crippen molar-refractivity contribution in [2.24, 2.45) is 0 Å². The number of piperazine rings is 1. The third-order valence-corrected chi connectivity index (χ3v) is 5.42. The molecule has 30 heavy (non-hydrogen) atoms. The van der Waals surface area contributed by atoms with Crippen molar-refractivity contribution in [3.63, 3.8) is 0 Å². The molecule has 0 radical (unpaired) electrons. The molecule has 0 N–H and O–H groups in total. The average molecular weight is 413 g/mol. The number of likely N-dealkylation sites (N-methyl/N-ethyl adjacent to an activating group) is 1. The van der Waals surface area contributed by atoms with Crippen molar-refractivity contribution in [1.29, 1.82) is 0 Å². The minimum atomic E-state index is -1.12. The van der Waals surface area contributed by atoms with E-state index in [9.17, 15) is 18.4 Å². The van der Waals surface area contributed by atoms with Crippen molar-refractivity contribution in [2.45, 2.75) is 0 Å². The molecule has 2 aliphatic rings. The summed E-state index contributed by atoms with van der Waals surface area (Å²) in [6, 6.07) is 9.85. The van der Waals surface area contributed by atoms with Gasteiger partial charge in [-0.3, -0.25) is 9.59 Å². The molecule has 2 aromatic rings. The Morgan fingerprint density at radius 3 is 2.13 bits per heavy atom. The second kappa shape index (κ2) is 7.87. The number of amides is 2. The molecule has 2 aliphatic heterocycles. The summed E-state index contributed by atoms with van der Waals surface area (Å²) in [7, 11) is 3.53. The maximum atomic E-state index is 13.8. The molecular formula is C22H21F2N3O3. The van der Waals surface area contributed by atoms with Crippen LogP contribution in [0, 0.1) is 11.6 Å². The first-order valence-corrected chi connectivity index (χ1v) is 9.56. The van der Waals surface area contributed by atoms with Gasteiger partial charge in [-0.15, -0.1) is 0 Å². The molecule has 1 fully saturated rings. The monoisotopic (exact) mass is 413 g/mol. The van der Waals surface area contributed by atoms with Crippen LogP contribution >= 0.6 is 0 Å². The predicted octanol–water partition coefficient (Wildman–Crippen LogP) is 2.51. The van der Waals surface area contributed by atoms with Gasteiger partial charge in [0.15, 0.2) is 11.6 Å². The van der Waals surface area contributed by atoms with E-state index in [0.29, 0.717) is 24.4 Å². The van der Waals surface area contributed by atoms with Gasteiger partial charge in [0.25, 0.3) is 11.8 Å². The van der Waals surface area contributed by atoms with Crippen molar-refractivity contribution >= 4 is 23.1 Å². The summed E-state index contributed by atoms with van der Waals surface area (Å²) in [6.07, 6.45) is 0. The Kier molecular flexibility index (Phi) is 5.26. The Morgan fingerprint density at radius 1 is 0.867 bits per heavy atom. The van der Waals surface area contributed by atoms with Crippen LogP contribution in [-0.4, -0.2) is 62.0 Å². The number of anilines is 1. The average Bonchev–Trinajstić information content (AvgIpc) is 3.01. The lowest BCUT2D eigenvalue weighted by molar-refractivity contribution is -0.120. The number of hydrogen-bond donors (Lipinski definition) is 0. The van der Waals surface area contributed by atoms with Crippen LogP contribution < -0.4 is 9.64 Å². The fraction of sp³-hybridized carbons (Fsp3) is 0.273. The minimum absolute atomic E-state index is 0.000890. The maximum absolute atomic E-state index is 13.8. The summed E-state index contributed by atoms with van der Waals surface area (Å²) in [5, 5.41) is 0. The smallest absolute Gasteiger partial charge is 0.282 e. The number of carbonyl (C=O) groups excluding carboxylic acids is 2. The van der Waals surface area contributed by atoms with Crippen LogP contribution in [0.1, 0.15) is 5.56 Å². The molecule has 0 unspecified atom stereocenters. The summed E-state index contributed by atoms with van der Waals surface area (Å²) in [5.41, 5.74) is 1.09. The first-order chi connectivity index (χ1) is 14.4. The van der Waals surface area contributed by atoms with Crippen LogP contribution in [0.15, 0.2) is 48.2 Å². The van der Waals surface area contributed by atoms with Gasteiger partial charge >= 0.3 is 0 Å². The molecule has 0 atom stereocenters. The normalized spacial score (nSPS) is 17.9. The molecule has 0 aliphatic carbocycles. The Morgan fingerprint density at radius 2 is 1.53 bits per heavy atom. The van der Waals surface area contributed by atoms with E-state index in [1.165, 1.54) is 6.07 Å². The van der Waals surface area contributed by atoms with Gasteiger partial charge < -0.3 is 14.5 Å². The van der Waals surface area contributed by atoms with Gasteiger partial charge in [0.2, 0.25) is 0 Å². The lowest BCUT2D eigenvalue weighted by atomic mass is 10.0. The number of carbonyl (C=O) groups is 2. The van der Waals surface area contributed by atoms with Crippen molar-refractivity contribution in [1.82, 2.24) is 9.80 Å². The Bertz CT molecular complexity index is 1030. The quantitative estimate of drug-likeness (QED) is 0.721. The van der Waals surface area contributed by atoms with E-state index >= 15 is 0 Å². The fourth-order valence-electron chi connectivity index (χ4n) is 3.72. The molecule has 0 saturated carbocycles. The van der Waals surface area contributed by atoms with Crippen LogP contribution in [0.4, 0.5) is 14.5 Å². The Hall–Kier alpha value is -3.26. The molecule has 2 aromatic carbocycles. The van der Waals surface area contributed by atoms with E-state index in [4.69, 9.17) is 4.74 Å². The largest absolute Gasteiger partial charge is 0.497 e. The summed E-state index contributed by atoms with van der Waals surface area (Å²) in [6.45, 7) is 2.64. The number of nitrogens with zero attached hydrogens (tertiary/aromatic N) is 3. The zero-order valence-electron chi connectivity index (χ0n) is 16.7. The number of methoxy groups -OCH3 is 1. The molecule has 0 aromatic heterocycles. The van der Waals surface area contributed by atoms with E-state index in [0.717, 1.165) is 30.1 Å². The molecule has 0 bridgehead atoms. The zero-order chi connectivity index (χ0) is 21.4. The zero-order valence-corrected chi connectivity index (χ0v) is 16.7. The third-order valence-electron chi connectivity index (χ3n) is 5.42. The highest BCUT2D eigenvalue weighted by Gasteiger charge is 2.43. The van der Waals surface area contributed by atoms with Gasteiger partial charge in [0, 0.05) is 32.2 Å². The highest BCUT2D eigenvalue weighted by atomic mass is 19.2. The SMILES string of the molecule is COc1ccc(C2=C(N3CCN(C)CC3)C(=O)N(c3ccc(F)c(F)c3)C2=O)cc1. The van der Waals surface area contributed by atoms with E-state index in [-0.39, 0.29) is 17.0 Å². The Balaban J connectivity index is 1.80. The van der Waals surface area contributed by atoms with Crippen molar-refractivity contribution < 1.29 is 23.1 Å². The van der Waals surface area contributed by atoms with Crippen molar-refractivity contribution in [3.05, 3.63) is 65.4 Å². The molecule has 8 heteroatoms. The lowest BCUT2D eigenvalue weighted by Crippen LogP contribution is -2.46. The van der Waals surface area contributed by atoms with Crippen LogP contribution in [0.5, 0.6) is 5.75 Å². The summed E-state index contributed by atoms with van der Waals surface area (Å²) in [5.74, 6) is -2.64. The standard InChI is InChI=1S/C22H21F2N3O3/c1-25-9-11-26(12-10-25)20-19(14-3-6-16(30-2)7-4-14)21(28)27(22(20)29)15-5-8-17(23)18(24)13-15/h3-8,13H,9-12H2,1-2H3. The Labute approximate surface area is 172 Å². The predicted molar refractivity (Wildman–Crippen MR) is 108 cm³/mol. The fourth-order valence-corrected chi connectivity index (χ4v) is 3.72. The van der Waals surface area contributed by atoms with Gasteiger partial charge in [-0.1, -0.05) is 12.1 Å². The number of imide groups is 1. The third kappa shape index (κ3) is 3.43. The first kappa shape index (κ1) is 20.0. The van der Waals surface area contributed by atoms with Crippen LogP contribution in [0.25, 0.3) is 5.57 Å². The van der Waals surface area contributed by atoms with E-state index < -0.39 is 23.4 Å². The summed E-state index contributed by atoms with van der Waals surface area (Å²) in [4.78, 5) is 31.6. The number of ether oxygens (including phenoxy) is 1. The molecule has 156 valence electrons. The van der Waals surface area contributed by atoms with Gasteiger partial charge in [-0.2, -0.15) is 0 Å². The number of hydrogen-bond acceptors (Lipinski definition) is 5. The summed E-state index contributed by atoms with van der Waals surface area (Å²) < 4.78 is 32.4. The van der Waals surface area contributed by atoms with Gasteiger partial charge in [0.1, 0.15) is 11.4 Å². The highest BCUT2D eigenvalue weighted by Crippen LogP contribution is 2.36. The molecule has 4 rings (SSSR count). The second-order valence-electron chi connectivity index (χ2n) is 7.29. The molecule has 1 saturated heterocycles. The number of halogens is 2. The van der Waals surface area contributed by atoms with E-state index in [2.05, 4.69) is 4.90 Å². The van der Waals surface area contributed by atoms with Gasteiger partial charge in [0.05, 0.1) is 18.4 Å². The van der Waals surface area contributed by atoms with Crippen LogP contribution in [0.2, 0.25) is 0 Å². The van der Waals surface area contributed by atoms with Gasteiger partial charge in [-0.25, -0.2) is 13.7 Å². The van der Waals surface area contributed by atoms with E-state index in [1.54, 1.807) is 31.4 Å². The van der Waals surface area contributed by atoms with Crippen molar-refractivity contribution in [2.75, 3.05) is 45.2 Å². The van der Waals surface area contributed by atoms with Crippen molar-refractivity contribution in [3.8, 4) is 5.75 Å². The molecule has 6 nitrogen and oxygen atoms in total. The lowest BCUT2D eigenvalue weighted by Gasteiger charge is -2.34. The highest BCUT2D eigenvalue weighted by molar-refractivity contribution is 6.45. The first-order valence-electron chi connectivity index (χ1n) is 9.56. The van der Waals surface area contributed by atoms with Crippen LogP contribution in [0.3, 0.4) is 0 Å². The van der Waals surface area contributed by atoms with Crippen LogP contribution in [-0.2, 0) is 9.59 Å². The topological polar surface area (TPSA) is 53.1 Å². The molecule has 2 heterocycles.